The molecule has 2 aromatic rings. The molecule has 0 aliphatic carbocycles. The quantitative estimate of drug-likeness (QED) is 0.859. The number of aryl methyl sites for hydroxylation is 1. The van der Waals surface area contributed by atoms with Crippen molar-refractivity contribution in [1.82, 2.24) is 14.9 Å². The number of aromatic nitrogens is 2. The van der Waals surface area contributed by atoms with Crippen LogP contribution in [0.3, 0.4) is 0 Å². The number of fused-ring (bicyclic) bond motifs is 1. The second-order valence-electron chi connectivity index (χ2n) is 5.34. The average molecular weight is 257 g/mol. The Hall–Kier alpha value is -2.10. The highest BCUT2D eigenvalue weighted by molar-refractivity contribution is 5.92. The Balaban J connectivity index is 2.45. The Labute approximate surface area is 113 Å². The molecule has 1 amide bonds. The molecule has 19 heavy (non-hydrogen) atoms. The van der Waals surface area contributed by atoms with Crippen LogP contribution in [-0.4, -0.2) is 15.5 Å². The summed E-state index contributed by atoms with van der Waals surface area (Å²) in [4.78, 5) is 16.4. The van der Waals surface area contributed by atoms with Crippen molar-refractivity contribution in [2.24, 2.45) is 7.05 Å². The average Bonchev–Trinajstić information content (AvgIpc) is 2.68. The summed E-state index contributed by atoms with van der Waals surface area (Å²) < 4.78 is 2.01. The van der Waals surface area contributed by atoms with Crippen LogP contribution in [0.5, 0.6) is 0 Å². The summed E-state index contributed by atoms with van der Waals surface area (Å²) in [6.45, 7) is 9.23. The molecule has 0 radical (unpaired) electrons. The number of imidazole rings is 1. The first kappa shape index (κ1) is 13.3. The molecular formula is C15H19N3O. The summed E-state index contributed by atoms with van der Waals surface area (Å²) >= 11 is 0. The van der Waals surface area contributed by atoms with Crippen molar-refractivity contribution in [2.75, 3.05) is 0 Å². The van der Waals surface area contributed by atoms with Gasteiger partial charge in [0.25, 0.3) is 0 Å². The van der Waals surface area contributed by atoms with Crippen LogP contribution in [0.25, 0.3) is 11.0 Å². The van der Waals surface area contributed by atoms with Gasteiger partial charge in [-0.25, -0.2) is 4.98 Å². The first-order chi connectivity index (χ1) is 8.83. The van der Waals surface area contributed by atoms with Crippen LogP contribution < -0.4 is 5.32 Å². The fraction of sp³-hybridized carbons (Fsp3) is 0.333. The van der Waals surface area contributed by atoms with Crippen molar-refractivity contribution >= 4 is 16.9 Å². The highest BCUT2D eigenvalue weighted by Gasteiger charge is 2.28. The van der Waals surface area contributed by atoms with Gasteiger partial charge in [-0.2, -0.15) is 0 Å². The van der Waals surface area contributed by atoms with Crippen molar-refractivity contribution in [3.63, 3.8) is 0 Å². The molecule has 0 atom stereocenters. The third-order valence-corrected chi connectivity index (χ3v) is 3.16. The Morgan fingerprint density at radius 2 is 2.00 bits per heavy atom. The minimum absolute atomic E-state index is 0.156. The van der Waals surface area contributed by atoms with E-state index in [0.717, 1.165) is 16.9 Å². The van der Waals surface area contributed by atoms with Crippen LogP contribution in [0.2, 0.25) is 0 Å². The zero-order valence-electron chi connectivity index (χ0n) is 11.8. The second kappa shape index (κ2) is 4.53. The van der Waals surface area contributed by atoms with E-state index in [1.807, 2.05) is 49.7 Å². The Kier molecular flexibility index (Phi) is 3.18. The predicted octanol–water partition coefficient (Wildman–Crippen LogP) is 2.50. The lowest BCUT2D eigenvalue weighted by Crippen LogP contribution is -2.43. The zero-order valence-corrected chi connectivity index (χ0v) is 11.8. The standard InChI is InChI=1S/C15H19N3O/c1-10(2)13(19)17-15(3,4)14-16-11-8-6-7-9-12(11)18(14)5/h6-9H,1H2,2-5H3,(H,17,19). The van der Waals surface area contributed by atoms with Crippen LogP contribution in [0, 0.1) is 0 Å². The van der Waals surface area contributed by atoms with Gasteiger partial charge in [0.2, 0.25) is 5.91 Å². The van der Waals surface area contributed by atoms with E-state index in [4.69, 9.17) is 0 Å². The third-order valence-electron chi connectivity index (χ3n) is 3.16. The third kappa shape index (κ3) is 2.38. The lowest BCUT2D eigenvalue weighted by molar-refractivity contribution is -0.119. The molecule has 4 nitrogen and oxygen atoms in total. The number of amides is 1. The number of nitrogens with zero attached hydrogens (tertiary/aromatic N) is 2. The minimum Gasteiger partial charge on any atom is -0.340 e. The molecule has 0 spiro atoms. The molecule has 1 heterocycles. The molecule has 0 saturated carbocycles. The van der Waals surface area contributed by atoms with Crippen molar-refractivity contribution in [1.29, 1.82) is 0 Å². The van der Waals surface area contributed by atoms with Crippen LogP contribution in [0.4, 0.5) is 0 Å². The Bertz CT molecular complexity index is 652. The number of carbonyl (C=O) groups excluding carboxylic acids is 1. The number of rotatable bonds is 3. The summed E-state index contributed by atoms with van der Waals surface area (Å²) in [5.74, 6) is 0.667. The molecule has 0 bridgehead atoms. The normalized spacial score (nSPS) is 11.6. The number of para-hydroxylation sites is 2. The molecule has 0 aliphatic heterocycles. The maximum absolute atomic E-state index is 11.8. The maximum atomic E-state index is 11.8. The lowest BCUT2D eigenvalue weighted by Gasteiger charge is -2.25. The van der Waals surface area contributed by atoms with Crippen molar-refractivity contribution in [3.8, 4) is 0 Å². The van der Waals surface area contributed by atoms with Gasteiger partial charge in [0.15, 0.2) is 0 Å². The lowest BCUT2D eigenvalue weighted by atomic mass is 10.0. The monoisotopic (exact) mass is 257 g/mol. The zero-order chi connectivity index (χ0) is 14.2. The van der Waals surface area contributed by atoms with Gasteiger partial charge in [-0.3, -0.25) is 4.79 Å². The summed E-state index contributed by atoms with van der Waals surface area (Å²) in [5.41, 5.74) is 1.92. The van der Waals surface area contributed by atoms with E-state index < -0.39 is 5.54 Å². The van der Waals surface area contributed by atoms with Gasteiger partial charge in [0, 0.05) is 12.6 Å². The van der Waals surface area contributed by atoms with E-state index >= 15 is 0 Å². The molecule has 2 rings (SSSR count). The fourth-order valence-corrected chi connectivity index (χ4v) is 2.15. The summed E-state index contributed by atoms with van der Waals surface area (Å²) in [6.07, 6.45) is 0. The Morgan fingerprint density at radius 3 is 2.58 bits per heavy atom. The van der Waals surface area contributed by atoms with Crippen molar-refractivity contribution < 1.29 is 4.79 Å². The molecule has 1 aromatic heterocycles. The van der Waals surface area contributed by atoms with Gasteiger partial charge in [0.05, 0.1) is 16.6 Å². The number of hydrogen-bond acceptors (Lipinski definition) is 2. The predicted molar refractivity (Wildman–Crippen MR) is 76.7 cm³/mol. The van der Waals surface area contributed by atoms with E-state index in [-0.39, 0.29) is 5.91 Å². The van der Waals surface area contributed by atoms with Crippen LogP contribution in [0.15, 0.2) is 36.4 Å². The molecule has 4 heteroatoms. The van der Waals surface area contributed by atoms with E-state index in [1.165, 1.54) is 0 Å². The molecule has 0 unspecified atom stereocenters. The molecule has 1 aromatic carbocycles. The topological polar surface area (TPSA) is 46.9 Å². The van der Waals surface area contributed by atoms with E-state index in [2.05, 4.69) is 16.9 Å². The van der Waals surface area contributed by atoms with Gasteiger partial charge in [-0.1, -0.05) is 18.7 Å². The number of benzene rings is 1. The number of carbonyl (C=O) groups is 1. The molecule has 0 saturated heterocycles. The number of hydrogen-bond donors (Lipinski definition) is 1. The Morgan fingerprint density at radius 1 is 1.37 bits per heavy atom. The highest BCUT2D eigenvalue weighted by atomic mass is 16.1. The smallest absolute Gasteiger partial charge is 0.247 e. The second-order valence-corrected chi connectivity index (χ2v) is 5.34. The molecular weight excluding hydrogens is 238 g/mol. The van der Waals surface area contributed by atoms with Crippen LogP contribution >= 0.6 is 0 Å². The van der Waals surface area contributed by atoms with Gasteiger partial charge in [0.1, 0.15) is 5.82 Å². The van der Waals surface area contributed by atoms with Gasteiger partial charge >= 0.3 is 0 Å². The highest BCUT2D eigenvalue weighted by Crippen LogP contribution is 2.23. The first-order valence-corrected chi connectivity index (χ1v) is 6.23. The van der Waals surface area contributed by atoms with E-state index in [0.29, 0.717) is 5.57 Å². The van der Waals surface area contributed by atoms with Gasteiger partial charge in [-0.05, 0) is 32.9 Å². The molecule has 100 valence electrons. The summed E-state index contributed by atoms with van der Waals surface area (Å²) in [7, 11) is 1.96. The van der Waals surface area contributed by atoms with E-state index in [1.54, 1.807) is 6.92 Å². The SMILES string of the molecule is C=C(C)C(=O)NC(C)(C)c1nc2ccccc2n1C. The largest absolute Gasteiger partial charge is 0.340 e. The molecule has 0 fully saturated rings. The van der Waals surface area contributed by atoms with E-state index in [9.17, 15) is 4.79 Å². The first-order valence-electron chi connectivity index (χ1n) is 6.23. The minimum atomic E-state index is -0.552. The number of nitrogens with one attached hydrogen (secondary N) is 1. The van der Waals surface area contributed by atoms with Crippen LogP contribution in [0.1, 0.15) is 26.6 Å². The van der Waals surface area contributed by atoms with Gasteiger partial charge < -0.3 is 9.88 Å². The van der Waals surface area contributed by atoms with Gasteiger partial charge in [-0.15, -0.1) is 0 Å². The summed E-state index contributed by atoms with van der Waals surface area (Å²) in [6, 6.07) is 7.92. The van der Waals surface area contributed by atoms with Crippen molar-refractivity contribution in [3.05, 3.63) is 42.2 Å². The maximum Gasteiger partial charge on any atom is 0.247 e. The summed E-state index contributed by atoms with van der Waals surface area (Å²) in [5, 5.41) is 2.95. The van der Waals surface area contributed by atoms with Crippen molar-refractivity contribution in [2.45, 2.75) is 26.3 Å². The fourth-order valence-electron chi connectivity index (χ4n) is 2.15. The van der Waals surface area contributed by atoms with Crippen LogP contribution in [-0.2, 0) is 17.4 Å². The molecule has 1 N–H and O–H groups in total. The molecule has 0 aliphatic rings.